The zero-order valence-corrected chi connectivity index (χ0v) is 10.5. The number of urea groups is 1. The van der Waals surface area contributed by atoms with Crippen LogP contribution in [0.25, 0.3) is 0 Å². The number of amides is 2. The predicted octanol–water partition coefficient (Wildman–Crippen LogP) is 2.84. The monoisotopic (exact) mass is 232 g/mol. The lowest BCUT2D eigenvalue weighted by Gasteiger charge is -2.05. The van der Waals surface area contributed by atoms with Gasteiger partial charge in [0.15, 0.2) is 0 Å². The van der Waals surface area contributed by atoms with E-state index >= 15 is 0 Å². The lowest BCUT2D eigenvalue weighted by Crippen LogP contribution is -2.33. The van der Waals surface area contributed by atoms with E-state index in [0.29, 0.717) is 6.54 Å². The molecule has 0 unspecified atom stereocenters. The van der Waals surface area contributed by atoms with Gasteiger partial charge in [-0.3, -0.25) is 0 Å². The Hall–Kier alpha value is -1.77. The summed E-state index contributed by atoms with van der Waals surface area (Å²) in [5.74, 6) is 0. The molecule has 92 valence electrons. The van der Waals surface area contributed by atoms with E-state index in [0.717, 1.165) is 18.4 Å². The molecule has 2 N–H and O–H groups in total. The van der Waals surface area contributed by atoms with Gasteiger partial charge in [-0.25, -0.2) is 4.79 Å². The maximum absolute atomic E-state index is 11.4. The molecular formula is C14H20N2O. The molecule has 0 aromatic heterocycles. The summed E-state index contributed by atoms with van der Waals surface area (Å²) in [6.07, 6.45) is 3.55. The molecule has 0 aliphatic carbocycles. The van der Waals surface area contributed by atoms with E-state index in [9.17, 15) is 4.79 Å². The van der Waals surface area contributed by atoms with Gasteiger partial charge in [0.2, 0.25) is 0 Å². The smallest absolute Gasteiger partial charge is 0.318 e. The first-order valence-electron chi connectivity index (χ1n) is 5.96. The second-order valence-electron chi connectivity index (χ2n) is 3.98. The minimum absolute atomic E-state index is 0.145. The highest BCUT2D eigenvalue weighted by Crippen LogP contribution is 1.98. The number of hydrogen-bond donors (Lipinski definition) is 2. The largest absolute Gasteiger partial charge is 0.338 e. The summed E-state index contributed by atoms with van der Waals surface area (Å²) in [7, 11) is 0. The molecule has 1 aromatic rings. The number of carbonyl (C=O) groups excluding carboxylic acids is 1. The fraction of sp³-hybridized carbons (Fsp3) is 0.357. The second-order valence-corrected chi connectivity index (χ2v) is 3.98. The summed E-state index contributed by atoms with van der Waals surface area (Å²) in [6, 6.07) is 9.96. The summed E-state index contributed by atoms with van der Waals surface area (Å²) in [5, 5.41) is 5.52. The highest BCUT2D eigenvalue weighted by molar-refractivity contribution is 5.74. The highest BCUT2D eigenvalue weighted by atomic mass is 16.2. The van der Waals surface area contributed by atoms with Gasteiger partial charge in [0.1, 0.15) is 0 Å². The molecule has 0 saturated carbocycles. The van der Waals surface area contributed by atoms with Gasteiger partial charge in [0, 0.05) is 12.7 Å². The summed E-state index contributed by atoms with van der Waals surface area (Å²) in [4.78, 5) is 11.4. The summed E-state index contributed by atoms with van der Waals surface area (Å²) in [6.45, 7) is 4.69. The van der Waals surface area contributed by atoms with Gasteiger partial charge in [0.05, 0.1) is 0 Å². The molecule has 3 nitrogen and oxygen atoms in total. The van der Waals surface area contributed by atoms with Crippen LogP contribution in [0.3, 0.4) is 0 Å². The Morgan fingerprint density at radius 3 is 2.65 bits per heavy atom. The van der Waals surface area contributed by atoms with Gasteiger partial charge >= 0.3 is 6.03 Å². The third-order valence-electron chi connectivity index (χ3n) is 2.55. The third-order valence-corrected chi connectivity index (χ3v) is 2.55. The number of benzene rings is 1. The Bertz CT molecular complexity index is 371. The van der Waals surface area contributed by atoms with E-state index in [-0.39, 0.29) is 6.03 Å². The minimum atomic E-state index is -0.145. The average Bonchev–Trinajstić information content (AvgIpc) is 2.37. The molecule has 0 aliphatic heterocycles. The molecule has 0 spiro atoms. The van der Waals surface area contributed by atoms with Crippen LogP contribution < -0.4 is 10.6 Å². The van der Waals surface area contributed by atoms with E-state index in [4.69, 9.17) is 0 Å². The van der Waals surface area contributed by atoms with Gasteiger partial charge < -0.3 is 10.6 Å². The number of carbonyl (C=O) groups is 1. The zero-order chi connectivity index (χ0) is 12.5. The minimum Gasteiger partial charge on any atom is -0.338 e. The maximum atomic E-state index is 11.4. The quantitative estimate of drug-likeness (QED) is 0.805. The highest BCUT2D eigenvalue weighted by Gasteiger charge is 1.97. The number of allylic oxidation sites excluding steroid dienone is 1. The van der Waals surface area contributed by atoms with Crippen LogP contribution in [0.2, 0.25) is 0 Å². The molecule has 1 rings (SSSR count). The van der Waals surface area contributed by atoms with Crippen molar-refractivity contribution in [1.82, 2.24) is 10.6 Å². The fourth-order valence-corrected chi connectivity index (χ4v) is 1.31. The van der Waals surface area contributed by atoms with Crippen LogP contribution in [-0.2, 0) is 6.42 Å². The van der Waals surface area contributed by atoms with Gasteiger partial charge in [-0.15, -0.1) is 0 Å². The van der Waals surface area contributed by atoms with Gasteiger partial charge in [-0.2, -0.15) is 0 Å². The standard InChI is InChI=1S/C14H20N2O/c1-3-12(2)11-16-14(17)15-10-9-13-7-5-4-6-8-13/h4-8,11H,3,9-10H2,1-2H3,(H2,15,16,17)/b12-11+. The first kappa shape index (κ1) is 13.3. The molecule has 0 aliphatic rings. The van der Waals surface area contributed by atoms with Crippen molar-refractivity contribution in [1.29, 1.82) is 0 Å². The predicted molar refractivity (Wildman–Crippen MR) is 70.7 cm³/mol. The molecule has 0 fully saturated rings. The molecule has 17 heavy (non-hydrogen) atoms. The molecule has 3 heteroatoms. The maximum Gasteiger partial charge on any atom is 0.318 e. The Morgan fingerprint density at radius 2 is 2.00 bits per heavy atom. The topological polar surface area (TPSA) is 41.1 Å². The van der Waals surface area contributed by atoms with E-state index in [1.54, 1.807) is 6.20 Å². The third kappa shape index (κ3) is 5.76. The van der Waals surface area contributed by atoms with E-state index in [1.807, 2.05) is 25.1 Å². The lowest BCUT2D eigenvalue weighted by atomic mass is 10.1. The molecule has 0 radical (unpaired) electrons. The van der Waals surface area contributed by atoms with Gasteiger partial charge in [-0.05, 0) is 25.3 Å². The molecule has 2 amide bonds. The van der Waals surface area contributed by atoms with Crippen molar-refractivity contribution in [2.45, 2.75) is 26.7 Å². The van der Waals surface area contributed by atoms with Crippen molar-refractivity contribution in [2.75, 3.05) is 6.54 Å². The molecule has 0 bridgehead atoms. The fourth-order valence-electron chi connectivity index (χ4n) is 1.31. The Labute approximate surface area is 103 Å². The van der Waals surface area contributed by atoms with Crippen molar-refractivity contribution in [3.63, 3.8) is 0 Å². The van der Waals surface area contributed by atoms with Gasteiger partial charge in [-0.1, -0.05) is 42.8 Å². The van der Waals surface area contributed by atoms with E-state index < -0.39 is 0 Å². The van der Waals surface area contributed by atoms with Gasteiger partial charge in [0.25, 0.3) is 0 Å². The first-order chi connectivity index (χ1) is 8.22. The molecule has 0 heterocycles. The Kier molecular flexibility index (Phi) is 5.86. The van der Waals surface area contributed by atoms with Crippen LogP contribution in [0.1, 0.15) is 25.8 Å². The van der Waals surface area contributed by atoms with E-state index in [2.05, 4.69) is 29.7 Å². The summed E-state index contributed by atoms with van der Waals surface area (Å²) < 4.78 is 0. The zero-order valence-electron chi connectivity index (χ0n) is 10.5. The van der Waals surface area contributed by atoms with E-state index in [1.165, 1.54) is 5.56 Å². The van der Waals surface area contributed by atoms with Crippen molar-refractivity contribution in [3.05, 3.63) is 47.7 Å². The summed E-state index contributed by atoms with van der Waals surface area (Å²) >= 11 is 0. The lowest BCUT2D eigenvalue weighted by molar-refractivity contribution is 0.244. The van der Waals surface area contributed by atoms with Crippen LogP contribution in [0.5, 0.6) is 0 Å². The molecule has 0 saturated heterocycles. The number of nitrogens with one attached hydrogen (secondary N) is 2. The summed E-state index contributed by atoms with van der Waals surface area (Å²) in [5.41, 5.74) is 2.39. The van der Waals surface area contributed by atoms with Crippen LogP contribution in [-0.4, -0.2) is 12.6 Å². The Morgan fingerprint density at radius 1 is 1.29 bits per heavy atom. The number of rotatable bonds is 5. The number of hydrogen-bond acceptors (Lipinski definition) is 1. The molecular weight excluding hydrogens is 212 g/mol. The van der Waals surface area contributed by atoms with Crippen LogP contribution >= 0.6 is 0 Å². The average molecular weight is 232 g/mol. The van der Waals surface area contributed by atoms with Crippen LogP contribution in [0.4, 0.5) is 4.79 Å². The SMILES string of the molecule is CC/C(C)=C/NC(=O)NCCc1ccccc1. The Balaban J connectivity index is 2.21. The van der Waals surface area contributed by atoms with Crippen LogP contribution in [0.15, 0.2) is 42.1 Å². The molecule has 0 atom stereocenters. The second kappa shape index (κ2) is 7.49. The first-order valence-corrected chi connectivity index (χ1v) is 5.96. The molecule has 1 aromatic carbocycles. The van der Waals surface area contributed by atoms with Crippen LogP contribution in [0, 0.1) is 0 Å². The van der Waals surface area contributed by atoms with Crippen molar-refractivity contribution < 1.29 is 4.79 Å². The van der Waals surface area contributed by atoms with Crippen molar-refractivity contribution in [2.24, 2.45) is 0 Å². The van der Waals surface area contributed by atoms with Crippen molar-refractivity contribution >= 4 is 6.03 Å². The van der Waals surface area contributed by atoms with Crippen molar-refractivity contribution in [3.8, 4) is 0 Å². The normalized spacial score (nSPS) is 11.1.